The predicted octanol–water partition coefficient (Wildman–Crippen LogP) is 32.9. The Labute approximate surface area is 830 Å². The Bertz CT molecular complexity index is 7590. The Balaban J connectivity index is 0.937. The average Bonchev–Trinajstić information content (AvgIpc) is 0.677. The summed E-state index contributed by atoms with van der Waals surface area (Å²) < 4.78 is 7.80. The van der Waals surface area contributed by atoms with Crippen molar-refractivity contribution in [3.63, 3.8) is 0 Å². The molecule has 140 heavy (non-hydrogen) atoms. The van der Waals surface area contributed by atoms with Crippen LogP contribution in [0, 0.1) is 0 Å². The molecule has 0 N–H and O–H groups in total. The van der Waals surface area contributed by atoms with E-state index in [1.807, 2.05) is 0 Å². The van der Waals surface area contributed by atoms with Gasteiger partial charge in [0.15, 0.2) is 0 Å². The minimum Gasteiger partial charge on any atom is -0.458 e. The monoisotopic (exact) mass is 1810 g/mol. The Morgan fingerprint density at radius 1 is 0.193 bits per heavy atom. The van der Waals surface area contributed by atoms with Gasteiger partial charge in [-0.3, -0.25) is 0 Å². The zero-order chi connectivity index (χ0) is 96.8. The zero-order valence-corrected chi connectivity index (χ0v) is 84.0. The average molecular weight is 1820 g/mol. The largest absolute Gasteiger partial charge is 0.458 e. The SMILES string of the molecule is CC(C)(C)c1ccc(-c2ccccc2N(c2ccccc2)c2cc3c4c(c2)N(c2c(-c5ccc(C(C)(C)C)cc5)cccc2-c2ccc(C(C)(C)C)cc2)c2cc5c(cc2B4c2ccccc2N3c2ccccc2-c2ccc(C(C)(C)C)cc2)B2c3ccccc3Oc3cc(N(c4ccccc4)c4ccccc4)cc(c32)N5c2c(-c3ccc(C(C)(C)C)cc3)cccc2-c2ccc(C(C)(C)C)cc2)cc1. The summed E-state index contributed by atoms with van der Waals surface area (Å²) in [5.74, 6) is 1.61. The van der Waals surface area contributed by atoms with E-state index in [0.717, 1.165) is 180 Å². The highest BCUT2D eigenvalue weighted by atomic mass is 16.5. The van der Waals surface area contributed by atoms with Crippen LogP contribution in [0.3, 0.4) is 0 Å². The van der Waals surface area contributed by atoms with Gasteiger partial charge in [0.25, 0.3) is 13.4 Å². The highest BCUT2D eigenvalue weighted by molar-refractivity contribution is 7.02. The first kappa shape index (κ1) is 90.1. The van der Waals surface area contributed by atoms with Crippen LogP contribution in [-0.4, -0.2) is 13.4 Å². The van der Waals surface area contributed by atoms with E-state index in [0.29, 0.717) is 0 Å². The molecule has 22 rings (SSSR count). The van der Waals surface area contributed by atoms with Gasteiger partial charge in [0.05, 0.1) is 34.1 Å². The van der Waals surface area contributed by atoms with E-state index in [1.54, 1.807) is 0 Å². The molecule has 18 aromatic carbocycles. The quantitative estimate of drug-likeness (QED) is 0.0949. The smallest absolute Gasteiger partial charge is 0.256 e. The standard InChI is InChI=1S/C132H121B2N5O/c1-127(2,3)92-68-56-86(57-69-92)103-44-28-32-52-113(103)136(100-42-26-21-27-43-100)101-80-118-123-119(81-101)138(125-105(88-60-72-94(73-61-88)129(7,8)9)46-36-47-106(125)89-62-74-95(75-63-89)130(10,11)12)116-85-117-112(84-111(116)133(123)109-50-30-34-54-115(109)137(118)114-53-33-29-45-104(114)87-58-70-93(71-59-87)128(4,5)6)134-110-51-31-35-55-121(110)140-122-83-102(135(98-38-22-19-23-39-98)99-40-24-20-25-41-99)82-120(124(122)134)139(117)126-107(90-64-76-96(77-65-90)131(13,14)15)48-37-49-108(126)91-66-78-97(79-67-91)132(16,17)18/h19-85H,1-18H3. The van der Waals surface area contributed by atoms with Crippen LogP contribution >= 0.6 is 0 Å². The van der Waals surface area contributed by atoms with Crippen molar-refractivity contribution < 1.29 is 4.74 Å². The molecule has 0 aromatic heterocycles. The van der Waals surface area contributed by atoms with Crippen LogP contribution < -0.4 is 62.0 Å². The lowest BCUT2D eigenvalue weighted by Crippen LogP contribution is -2.64. The first-order valence-electron chi connectivity index (χ1n) is 49.9. The Morgan fingerprint density at radius 3 is 0.900 bits per heavy atom. The van der Waals surface area contributed by atoms with Crippen LogP contribution in [0.4, 0.5) is 85.3 Å². The number of fused-ring (bicyclic) bond motifs is 8. The van der Waals surface area contributed by atoms with Gasteiger partial charge in [0, 0.05) is 90.6 Å². The van der Waals surface area contributed by atoms with Crippen molar-refractivity contribution in [3.8, 4) is 78.3 Å². The van der Waals surface area contributed by atoms with Crippen molar-refractivity contribution in [1.29, 1.82) is 0 Å². The number of nitrogens with zero attached hydrogens (tertiary/aromatic N) is 5. The molecule has 0 unspecified atom stereocenters. The second kappa shape index (κ2) is 34.5. The molecule has 0 saturated carbocycles. The van der Waals surface area contributed by atoms with E-state index in [9.17, 15) is 0 Å². The Kier molecular flexibility index (Phi) is 22.2. The molecular formula is C132H121B2N5O. The normalized spacial score (nSPS) is 13.2. The topological polar surface area (TPSA) is 25.4 Å². The van der Waals surface area contributed by atoms with Gasteiger partial charge >= 0.3 is 0 Å². The van der Waals surface area contributed by atoms with E-state index < -0.39 is 6.71 Å². The number of rotatable bonds is 15. The number of ether oxygens (including phenoxy) is 1. The van der Waals surface area contributed by atoms with Gasteiger partial charge in [-0.25, -0.2) is 0 Å². The minimum absolute atomic E-state index is 0.0616. The van der Waals surface area contributed by atoms with Gasteiger partial charge in [-0.15, -0.1) is 0 Å². The maximum absolute atomic E-state index is 7.80. The van der Waals surface area contributed by atoms with Crippen LogP contribution in [-0.2, 0) is 32.5 Å². The summed E-state index contributed by atoms with van der Waals surface area (Å²) in [4.78, 5) is 13.1. The van der Waals surface area contributed by atoms with E-state index in [-0.39, 0.29) is 39.2 Å². The van der Waals surface area contributed by atoms with E-state index >= 15 is 0 Å². The summed E-state index contributed by atoms with van der Waals surface area (Å²) >= 11 is 0. The number of hydrogen-bond acceptors (Lipinski definition) is 6. The van der Waals surface area contributed by atoms with Gasteiger partial charge < -0.3 is 29.2 Å². The lowest BCUT2D eigenvalue weighted by atomic mass is 9.30. The van der Waals surface area contributed by atoms with Gasteiger partial charge in [0.1, 0.15) is 11.5 Å². The molecule has 0 atom stereocenters. The van der Waals surface area contributed by atoms with E-state index in [1.165, 1.54) is 49.8 Å². The summed E-state index contributed by atoms with van der Waals surface area (Å²) in [7, 11) is 0. The van der Waals surface area contributed by atoms with Crippen molar-refractivity contribution in [2.45, 2.75) is 157 Å². The van der Waals surface area contributed by atoms with Crippen molar-refractivity contribution >= 4 is 132 Å². The molecule has 686 valence electrons. The van der Waals surface area contributed by atoms with E-state index in [2.05, 4.69) is 556 Å². The van der Waals surface area contributed by atoms with Crippen molar-refractivity contribution in [3.05, 3.63) is 440 Å². The molecule has 0 spiro atoms. The minimum atomic E-state index is -0.398. The summed E-state index contributed by atoms with van der Waals surface area (Å²) in [5.41, 5.74) is 42.7. The number of para-hydroxylation sites is 9. The molecule has 4 aliphatic heterocycles. The molecule has 0 fully saturated rings. The van der Waals surface area contributed by atoms with E-state index in [4.69, 9.17) is 4.74 Å². The second-order valence-corrected chi connectivity index (χ2v) is 44.9. The molecule has 0 saturated heterocycles. The summed E-state index contributed by atoms with van der Waals surface area (Å²) in [6, 6.07) is 156. The second-order valence-electron chi connectivity index (χ2n) is 44.9. The molecule has 18 aromatic rings. The van der Waals surface area contributed by atoms with Crippen LogP contribution in [0.2, 0.25) is 0 Å². The predicted molar refractivity (Wildman–Crippen MR) is 601 cm³/mol. The van der Waals surface area contributed by atoms with Gasteiger partial charge in [-0.05, 0) is 217 Å². The lowest BCUT2D eigenvalue weighted by Gasteiger charge is -2.47. The molecule has 4 aliphatic rings. The molecule has 0 amide bonds. The molecule has 0 bridgehead atoms. The lowest BCUT2D eigenvalue weighted by molar-refractivity contribution is 0.487. The van der Waals surface area contributed by atoms with Crippen LogP contribution in [0.15, 0.2) is 406 Å². The highest BCUT2D eigenvalue weighted by Gasteiger charge is 2.50. The summed E-state index contributed by atoms with van der Waals surface area (Å²) in [6.07, 6.45) is 0. The fraction of sp³-hybridized carbons (Fsp3) is 0.182. The Morgan fingerprint density at radius 2 is 0.493 bits per heavy atom. The summed E-state index contributed by atoms with van der Waals surface area (Å²) in [5, 5.41) is 0. The maximum Gasteiger partial charge on any atom is 0.256 e. The van der Waals surface area contributed by atoms with Crippen molar-refractivity contribution in [2.75, 3.05) is 24.5 Å². The van der Waals surface area contributed by atoms with Gasteiger partial charge in [0.2, 0.25) is 0 Å². The number of anilines is 15. The van der Waals surface area contributed by atoms with Gasteiger partial charge in [-0.1, -0.05) is 440 Å². The Hall–Kier alpha value is -15.1. The van der Waals surface area contributed by atoms with Crippen LogP contribution in [0.5, 0.6) is 11.5 Å². The molecular weight excluding hydrogens is 1690 g/mol. The third-order valence-electron chi connectivity index (χ3n) is 29.5. The zero-order valence-electron chi connectivity index (χ0n) is 84.0. The third-order valence-corrected chi connectivity index (χ3v) is 29.5. The first-order chi connectivity index (χ1) is 67.3. The molecule has 0 radical (unpaired) electrons. The van der Waals surface area contributed by atoms with Crippen LogP contribution in [0.25, 0.3) is 66.8 Å². The highest BCUT2D eigenvalue weighted by Crippen LogP contribution is 2.58. The van der Waals surface area contributed by atoms with Crippen molar-refractivity contribution in [2.24, 2.45) is 0 Å². The molecule has 0 aliphatic carbocycles. The third kappa shape index (κ3) is 16.1. The molecule has 6 nitrogen and oxygen atoms in total. The van der Waals surface area contributed by atoms with Crippen LogP contribution in [0.1, 0.15) is 158 Å². The number of hydrogen-bond donors (Lipinski definition) is 0. The summed E-state index contributed by atoms with van der Waals surface area (Å²) in [6.45, 7) is 40.9. The van der Waals surface area contributed by atoms with Gasteiger partial charge in [-0.2, -0.15) is 0 Å². The maximum atomic E-state index is 7.80. The first-order valence-corrected chi connectivity index (χ1v) is 49.9. The van der Waals surface area contributed by atoms with Crippen molar-refractivity contribution in [1.82, 2.24) is 0 Å². The fourth-order valence-electron chi connectivity index (χ4n) is 21.9. The molecule has 4 heterocycles. The number of benzene rings is 18. The fourth-order valence-corrected chi connectivity index (χ4v) is 21.9. The molecule has 8 heteroatoms.